The molecule has 0 saturated heterocycles. The van der Waals surface area contributed by atoms with Crippen molar-refractivity contribution in [3.8, 4) is 17.1 Å². The molecule has 6 aromatic rings. The van der Waals surface area contributed by atoms with Gasteiger partial charge in [-0.25, -0.2) is 15.0 Å². The molecule has 3 aromatic heterocycles. The minimum atomic E-state index is -0.458. The van der Waals surface area contributed by atoms with Crippen LogP contribution in [0, 0.1) is 3.70 Å². The summed E-state index contributed by atoms with van der Waals surface area (Å²) in [7, 11) is 1.60. The van der Waals surface area contributed by atoms with Crippen LogP contribution < -0.4 is 4.74 Å². The fraction of sp³-hybridized carbons (Fsp3) is 0.0645. The highest BCUT2D eigenvalue weighted by molar-refractivity contribution is 14.1. The molecule has 0 radical (unpaired) electrons. The van der Waals surface area contributed by atoms with Gasteiger partial charge in [-0.2, -0.15) is 0 Å². The number of hydrogen-bond acceptors (Lipinski definition) is 4. The van der Waals surface area contributed by atoms with Crippen molar-refractivity contribution in [1.29, 1.82) is 0 Å². The number of halogens is 1. The summed E-state index contributed by atoms with van der Waals surface area (Å²) < 4.78 is 8.14. The Hall–Kier alpha value is -4.24. The lowest BCUT2D eigenvalue weighted by molar-refractivity contribution is 0.398. The number of aromatic amines is 1. The molecule has 7 heteroatoms. The maximum atomic E-state index is 4.95. The molecule has 188 valence electrons. The van der Waals surface area contributed by atoms with Crippen LogP contribution in [0.2, 0.25) is 0 Å². The van der Waals surface area contributed by atoms with Gasteiger partial charge in [0.25, 0.3) is 0 Å². The summed E-state index contributed by atoms with van der Waals surface area (Å²) in [6.07, 6.45) is 9.16. The zero-order chi connectivity index (χ0) is 26.2. The number of H-pyrrole nitrogens is 1. The number of hydrogen-bond donors (Lipinski definition) is 1. The molecular formula is C31H26IN5O. The Morgan fingerprint density at radius 3 is 1.71 bits per heavy atom. The van der Waals surface area contributed by atoms with Gasteiger partial charge in [0.15, 0.2) is 0 Å². The summed E-state index contributed by atoms with van der Waals surface area (Å²) in [6.45, 7) is 0. The molecule has 0 saturated carbocycles. The summed E-state index contributed by atoms with van der Waals surface area (Å²) in [6, 6.07) is 35.6. The average Bonchev–Trinajstić information content (AvgIpc) is 3.69. The monoisotopic (exact) mass is 611 g/mol. The summed E-state index contributed by atoms with van der Waals surface area (Å²) in [4.78, 5) is 15.5. The van der Waals surface area contributed by atoms with E-state index in [1.54, 1.807) is 25.8 Å². The molecule has 0 bridgehead atoms. The Bertz CT molecular complexity index is 1440. The van der Waals surface area contributed by atoms with E-state index >= 15 is 0 Å². The van der Waals surface area contributed by atoms with Crippen LogP contribution in [0.25, 0.3) is 11.3 Å². The molecule has 0 unspecified atom stereocenters. The van der Waals surface area contributed by atoms with Gasteiger partial charge in [-0.3, -0.25) is 0 Å². The van der Waals surface area contributed by atoms with E-state index in [0.29, 0.717) is 5.88 Å². The molecule has 0 fully saturated rings. The third-order valence-corrected chi connectivity index (χ3v) is 6.82. The first-order valence-electron chi connectivity index (χ1n) is 12.1. The Labute approximate surface area is 235 Å². The van der Waals surface area contributed by atoms with Gasteiger partial charge >= 0.3 is 0 Å². The van der Waals surface area contributed by atoms with Crippen LogP contribution in [-0.2, 0) is 5.54 Å². The van der Waals surface area contributed by atoms with Crippen LogP contribution in [0.1, 0.15) is 16.7 Å². The van der Waals surface area contributed by atoms with Crippen molar-refractivity contribution in [2.45, 2.75) is 5.54 Å². The molecule has 6 rings (SSSR count). The van der Waals surface area contributed by atoms with Crippen LogP contribution in [-0.4, -0.2) is 31.6 Å². The van der Waals surface area contributed by atoms with E-state index < -0.39 is 5.54 Å². The molecule has 0 spiro atoms. The van der Waals surface area contributed by atoms with Gasteiger partial charge in [-0.1, -0.05) is 91.0 Å². The van der Waals surface area contributed by atoms with Gasteiger partial charge in [0.2, 0.25) is 5.88 Å². The van der Waals surface area contributed by atoms with E-state index in [0.717, 1.165) is 15.0 Å². The Morgan fingerprint density at radius 2 is 1.32 bits per heavy atom. The van der Waals surface area contributed by atoms with Crippen molar-refractivity contribution < 1.29 is 4.74 Å². The van der Waals surface area contributed by atoms with Crippen LogP contribution in [0.15, 0.2) is 134 Å². The predicted molar refractivity (Wildman–Crippen MR) is 158 cm³/mol. The molecule has 0 atom stereocenters. The molecule has 6 nitrogen and oxygen atoms in total. The van der Waals surface area contributed by atoms with Crippen molar-refractivity contribution in [2.75, 3.05) is 7.11 Å². The van der Waals surface area contributed by atoms with Crippen molar-refractivity contribution in [3.05, 3.63) is 155 Å². The van der Waals surface area contributed by atoms with E-state index in [9.17, 15) is 0 Å². The maximum Gasteiger partial charge on any atom is 0.212 e. The van der Waals surface area contributed by atoms with Gasteiger partial charge in [-0.15, -0.1) is 0 Å². The number of methoxy groups -OCH3 is 1. The van der Waals surface area contributed by atoms with E-state index in [4.69, 9.17) is 4.74 Å². The van der Waals surface area contributed by atoms with Crippen LogP contribution >= 0.6 is 22.6 Å². The lowest BCUT2D eigenvalue weighted by Gasteiger charge is -2.37. The van der Waals surface area contributed by atoms with Gasteiger partial charge in [0, 0.05) is 24.0 Å². The zero-order valence-electron chi connectivity index (χ0n) is 20.8. The standard InChI is InChI=1S/C22H17IN2.C9H9N3O/c23-21-16-25(17-24-21)22(18-10-4-1-5-11-18,19-12-6-2-7-13-19)20-14-8-3-9-15-20;1-13-9-3-2-7(4-11-9)8-5-10-6-12-8/h1-17H;2-6H,1H3,(H,10,12). The Kier molecular flexibility index (Phi) is 7.94. The largest absolute Gasteiger partial charge is 0.481 e. The smallest absolute Gasteiger partial charge is 0.212 e. The highest BCUT2D eigenvalue weighted by Gasteiger charge is 2.38. The quantitative estimate of drug-likeness (QED) is 0.166. The zero-order valence-corrected chi connectivity index (χ0v) is 22.9. The molecule has 0 aliphatic rings. The van der Waals surface area contributed by atoms with Crippen molar-refractivity contribution >= 4 is 22.6 Å². The molecule has 3 heterocycles. The van der Waals surface area contributed by atoms with E-state index in [1.807, 2.05) is 18.5 Å². The summed E-state index contributed by atoms with van der Waals surface area (Å²) in [5, 5.41) is 0. The number of rotatable bonds is 6. The molecule has 0 amide bonds. The first-order chi connectivity index (χ1) is 18.7. The Morgan fingerprint density at radius 1 is 0.737 bits per heavy atom. The molecule has 0 aliphatic heterocycles. The number of pyridine rings is 1. The second-order valence-corrected chi connectivity index (χ2v) is 9.57. The molecular weight excluding hydrogens is 585 g/mol. The number of benzene rings is 3. The second-order valence-electron chi connectivity index (χ2n) is 8.47. The molecule has 38 heavy (non-hydrogen) atoms. The van der Waals surface area contributed by atoms with Crippen LogP contribution in [0.3, 0.4) is 0 Å². The van der Waals surface area contributed by atoms with E-state index in [-0.39, 0.29) is 0 Å². The summed E-state index contributed by atoms with van der Waals surface area (Å²) in [5.41, 5.74) is 5.12. The van der Waals surface area contributed by atoms with Gasteiger partial charge < -0.3 is 14.3 Å². The lowest BCUT2D eigenvalue weighted by Crippen LogP contribution is -2.36. The SMILES string of the molecule is COc1ccc(-c2cnc[nH]2)cn1.Ic1cn(C(c2ccccc2)(c2ccccc2)c2ccccc2)cn1. The minimum Gasteiger partial charge on any atom is -0.481 e. The topological polar surface area (TPSA) is 68.6 Å². The molecule has 3 aromatic carbocycles. The van der Waals surface area contributed by atoms with E-state index in [1.165, 1.54) is 16.7 Å². The maximum absolute atomic E-state index is 4.95. The summed E-state index contributed by atoms with van der Waals surface area (Å²) in [5.74, 6) is 0.614. The third-order valence-electron chi connectivity index (χ3n) is 6.27. The fourth-order valence-electron chi connectivity index (χ4n) is 4.54. The first kappa shape index (κ1) is 25.4. The molecule has 1 N–H and O–H groups in total. The van der Waals surface area contributed by atoms with Gasteiger partial charge in [0.1, 0.15) is 9.24 Å². The van der Waals surface area contributed by atoms with Crippen molar-refractivity contribution in [1.82, 2.24) is 24.5 Å². The van der Waals surface area contributed by atoms with Gasteiger partial charge in [0.05, 0.1) is 31.7 Å². The molecule has 0 aliphatic carbocycles. The number of ether oxygens (including phenoxy) is 1. The van der Waals surface area contributed by atoms with E-state index in [2.05, 4.69) is 144 Å². The second kappa shape index (κ2) is 11.9. The predicted octanol–water partition coefficient (Wildman–Crippen LogP) is 6.81. The average molecular weight is 611 g/mol. The number of nitrogens with zero attached hydrogens (tertiary/aromatic N) is 4. The fourth-order valence-corrected chi connectivity index (χ4v) is 4.97. The number of nitrogens with one attached hydrogen (secondary N) is 1. The number of imidazole rings is 2. The van der Waals surface area contributed by atoms with Crippen LogP contribution in [0.5, 0.6) is 5.88 Å². The lowest BCUT2D eigenvalue weighted by atomic mass is 9.77. The number of aromatic nitrogens is 5. The van der Waals surface area contributed by atoms with Crippen molar-refractivity contribution in [2.24, 2.45) is 0 Å². The normalized spacial score (nSPS) is 10.9. The summed E-state index contributed by atoms with van der Waals surface area (Å²) >= 11 is 2.27. The first-order valence-corrected chi connectivity index (χ1v) is 13.1. The highest BCUT2D eigenvalue weighted by atomic mass is 127. The van der Waals surface area contributed by atoms with Gasteiger partial charge in [-0.05, 0) is 45.3 Å². The Balaban J connectivity index is 0.000000190. The highest BCUT2D eigenvalue weighted by Crippen LogP contribution is 2.40. The minimum absolute atomic E-state index is 0.458. The third kappa shape index (κ3) is 5.24. The van der Waals surface area contributed by atoms with Crippen molar-refractivity contribution in [3.63, 3.8) is 0 Å². The van der Waals surface area contributed by atoms with Crippen LogP contribution in [0.4, 0.5) is 0 Å².